The van der Waals surface area contributed by atoms with Crippen molar-refractivity contribution >= 4 is 17.7 Å². The zero-order valence-electron chi connectivity index (χ0n) is 11.2. The fourth-order valence-corrected chi connectivity index (χ4v) is 4.16. The molecule has 0 aromatic heterocycles. The van der Waals surface area contributed by atoms with E-state index in [1.165, 1.54) is 11.5 Å². The lowest BCUT2D eigenvalue weighted by atomic mass is 10.1. The molecule has 0 bridgehead atoms. The summed E-state index contributed by atoms with van der Waals surface area (Å²) in [7, 11) is 0. The van der Waals surface area contributed by atoms with E-state index >= 15 is 0 Å². The van der Waals surface area contributed by atoms with Crippen LogP contribution in [0.15, 0.2) is 30.3 Å². The van der Waals surface area contributed by atoms with E-state index in [1.807, 2.05) is 42.1 Å². The number of thioether (sulfide) groups is 1. The molecule has 0 aliphatic carbocycles. The Balaban J connectivity index is 1.79. The highest BCUT2D eigenvalue weighted by Gasteiger charge is 2.41. The van der Waals surface area contributed by atoms with Gasteiger partial charge in [0, 0.05) is 6.04 Å². The first-order chi connectivity index (χ1) is 9.27. The SMILES string of the molecule is CC1NC(c2ccccc2)C(=O)N1C1CCSCC1. The third-order valence-corrected chi connectivity index (χ3v) is 5.09. The summed E-state index contributed by atoms with van der Waals surface area (Å²) in [5.74, 6) is 2.60. The summed E-state index contributed by atoms with van der Waals surface area (Å²) < 4.78 is 0. The van der Waals surface area contributed by atoms with Crippen molar-refractivity contribution in [1.29, 1.82) is 0 Å². The summed E-state index contributed by atoms with van der Waals surface area (Å²) >= 11 is 2.00. The maximum atomic E-state index is 12.7. The van der Waals surface area contributed by atoms with Crippen LogP contribution in [0.1, 0.15) is 31.4 Å². The summed E-state index contributed by atoms with van der Waals surface area (Å²) in [6.07, 6.45) is 2.40. The summed E-state index contributed by atoms with van der Waals surface area (Å²) in [5, 5.41) is 3.44. The van der Waals surface area contributed by atoms with Crippen molar-refractivity contribution in [2.75, 3.05) is 11.5 Å². The van der Waals surface area contributed by atoms with Crippen molar-refractivity contribution in [2.24, 2.45) is 0 Å². The van der Waals surface area contributed by atoms with Gasteiger partial charge in [0.05, 0.1) is 6.17 Å². The Labute approximate surface area is 118 Å². The smallest absolute Gasteiger partial charge is 0.245 e. The van der Waals surface area contributed by atoms with E-state index in [2.05, 4.69) is 17.1 Å². The van der Waals surface area contributed by atoms with Crippen molar-refractivity contribution in [3.63, 3.8) is 0 Å². The van der Waals surface area contributed by atoms with Crippen LogP contribution in [0.3, 0.4) is 0 Å². The minimum absolute atomic E-state index is 0.144. The second kappa shape index (κ2) is 5.55. The van der Waals surface area contributed by atoms with E-state index in [0.29, 0.717) is 6.04 Å². The zero-order chi connectivity index (χ0) is 13.2. The molecule has 1 amide bonds. The first-order valence-corrected chi connectivity index (χ1v) is 8.14. The van der Waals surface area contributed by atoms with Gasteiger partial charge < -0.3 is 4.90 Å². The number of nitrogens with zero attached hydrogens (tertiary/aromatic N) is 1. The Morgan fingerprint density at radius 1 is 1.21 bits per heavy atom. The van der Waals surface area contributed by atoms with E-state index in [4.69, 9.17) is 0 Å². The number of nitrogens with one attached hydrogen (secondary N) is 1. The van der Waals surface area contributed by atoms with Crippen LogP contribution in [-0.4, -0.2) is 34.5 Å². The number of carbonyl (C=O) groups is 1. The third-order valence-electron chi connectivity index (χ3n) is 4.04. The molecule has 0 spiro atoms. The molecule has 102 valence electrons. The Morgan fingerprint density at radius 3 is 2.58 bits per heavy atom. The van der Waals surface area contributed by atoms with Gasteiger partial charge in [0.25, 0.3) is 0 Å². The molecule has 1 aromatic rings. The van der Waals surface area contributed by atoms with Gasteiger partial charge in [-0.25, -0.2) is 0 Å². The molecule has 0 radical (unpaired) electrons. The predicted molar refractivity (Wildman–Crippen MR) is 79.0 cm³/mol. The second-order valence-electron chi connectivity index (χ2n) is 5.28. The van der Waals surface area contributed by atoms with E-state index < -0.39 is 0 Å². The lowest BCUT2D eigenvalue weighted by Crippen LogP contribution is -2.44. The van der Waals surface area contributed by atoms with Crippen LogP contribution in [0.5, 0.6) is 0 Å². The topological polar surface area (TPSA) is 32.3 Å². The third kappa shape index (κ3) is 2.51. The Kier molecular flexibility index (Phi) is 3.80. The van der Waals surface area contributed by atoms with Crippen molar-refractivity contribution in [3.8, 4) is 0 Å². The van der Waals surface area contributed by atoms with E-state index in [9.17, 15) is 4.79 Å². The minimum atomic E-state index is -0.161. The highest BCUT2D eigenvalue weighted by molar-refractivity contribution is 7.99. The van der Waals surface area contributed by atoms with E-state index in [-0.39, 0.29) is 18.1 Å². The van der Waals surface area contributed by atoms with E-state index in [0.717, 1.165) is 18.4 Å². The van der Waals surface area contributed by atoms with Crippen LogP contribution in [0.2, 0.25) is 0 Å². The van der Waals surface area contributed by atoms with Crippen LogP contribution < -0.4 is 5.32 Å². The molecule has 2 unspecified atom stereocenters. The maximum Gasteiger partial charge on any atom is 0.245 e. The van der Waals surface area contributed by atoms with Gasteiger partial charge in [0.15, 0.2) is 0 Å². The van der Waals surface area contributed by atoms with E-state index in [1.54, 1.807) is 0 Å². The molecule has 2 heterocycles. The van der Waals surface area contributed by atoms with Gasteiger partial charge in [-0.05, 0) is 36.8 Å². The highest BCUT2D eigenvalue weighted by atomic mass is 32.2. The van der Waals surface area contributed by atoms with Crippen LogP contribution in [0.25, 0.3) is 0 Å². The van der Waals surface area contributed by atoms with Crippen molar-refractivity contribution in [3.05, 3.63) is 35.9 Å². The largest absolute Gasteiger partial charge is 0.323 e. The molecule has 3 rings (SSSR count). The average molecular weight is 276 g/mol. The van der Waals surface area contributed by atoms with Gasteiger partial charge in [-0.15, -0.1) is 0 Å². The molecule has 1 aromatic carbocycles. The lowest BCUT2D eigenvalue weighted by molar-refractivity contribution is -0.132. The standard InChI is InChI=1S/C15H20N2OS/c1-11-16-14(12-5-3-2-4-6-12)15(18)17(11)13-7-9-19-10-8-13/h2-6,11,13-14,16H,7-10H2,1H3. The van der Waals surface area contributed by atoms with Crippen LogP contribution >= 0.6 is 11.8 Å². The normalized spacial score (nSPS) is 28.9. The molecule has 0 saturated carbocycles. The first-order valence-electron chi connectivity index (χ1n) is 6.98. The molecule has 4 heteroatoms. The molecule has 2 aliphatic heterocycles. The van der Waals surface area contributed by atoms with Crippen LogP contribution in [-0.2, 0) is 4.79 Å². The molecule has 19 heavy (non-hydrogen) atoms. The number of amides is 1. The number of hydrogen-bond donors (Lipinski definition) is 1. The lowest BCUT2D eigenvalue weighted by Gasteiger charge is -2.33. The Morgan fingerprint density at radius 2 is 1.89 bits per heavy atom. The number of rotatable bonds is 2. The summed E-state index contributed by atoms with van der Waals surface area (Å²) in [6.45, 7) is 2.10. The molecule has 3 nitrogen and oxygen atoms in total. The summed E-state index contributed by atoms with van der Waals surface area (Å²) in [4.78, 5) is 14.8. The van der Waals surface area contributed by atoms with Gasteiger partial charge in [-0.2, -0.15) is 11.8 Å². The maximum absolute atomic E-state index is 12.7. The number of benzene rings is 1. The predicted octanol–water partition coefficient (Wildman–Crippen LogP) is 2.40. The monoisotopic (exact) mass is 276 g/mol. The zero-order valence-corrected chi connectivity index (χ0v) is 12.0. The average Bonchev–Trinajstić information content (AvgIpc) is 2.76. The van der Waals surface area contributed by atoms with Crippen LogP contribution in [0, 0.1) is 0 Å². The van der Waals surface area contributed by atoms with Gasteiger partial charge in [-0.1, -0.05) is 30.3 Å². The Bertz CT molecular complexity index is 445. The minimum Gasteiger partial charge on any atom is -0.323 e. The second-order valence-corrected chi connectivity index (χ2v) is 6.50. The molecular formula is C15H20N2OS. The molecule has 2 atom stereocenters. The molecule has 1 N–H and O–H groups in total. The van der Waals surface area contributed by atoms with Gasteiger partial charge >= 0.3 is 0 Å². The molecule has 2 saturated heterocycles. The quantitative estimate of drug-likeness (QED) is 0.900. The fraction of sp³-hybridized carbons (Fsp3) is 0.533. The van der Waals surface area contributed by atoms with Crippen molar-refractivity contribution in [2.45, 2.75) is 38.0 Å². The highest BCUT2D eigenvalue weighted by Crippen LogP contribution is 2.30. The summed E-state index contributed by atoms with van der Waals surface area (Å²) in [5.41, 5.74) is 1.08. The number of hydrogen-bond acceptors (Lipinski definition) is 3. The molecular weight excluding hydrogens is 256 g/mol. The summed E-state index contributed by atoms with van der Waals surface area (Å²) in [6, 6.07) is 10.3. The fourth-order valence-electron chi connectivity index (χ4n) is 3.08. The first kappa shape index (κ1) is 13.0. The van der Waals surface area contributed by atoms with Gasteiger partial charge in [0.1, 0.15) is 6.04 Å². The van der Waals surface area contributed by atoms with Gasteiger partial charge in [0.2, 0.25) is 5.91 Å². The molecule has 2 aliphatic rings. The van der Waals surface area contributed by atoms with Crippen molar-refractivity contribution in [1.82, 2.24) is 10.2 Å². The van der Waals surface area contributed by atoms with Gasteiger partial charge in [-0.3, -0.25) is 10.1 Å². The Hall–Kier alpha value is -1.00. The molecule has 2 fully saturated rings. The van der Waals surface area contributed by atoms with Crippen LogP contribution in [0.4, 0.5) is 0 Å². The van der Waals surface area contributed by atoms with Crippen molar-refractivity contribution < 1.29 is 4.79 Å². The number of carbonyl (C=O) groups excluding carboxylic acids is 1.